The van der Waals surface area contributed by atoms with Crippen LogP contribution in [0.15, 0.2) is 0 Å². The molecule has 0 bridgehead atoms. The van der Waals surface area contributed by atoms with E-state index in [9.17, 15) is 0 Å². The van der Waals surface area contributed by atoms with Gasteiger partial charge in [-0.05, 0) is 0 Å². The summed E-state index contributed by atoms with van der Waals surface area (Å²) >= 11 is 3.95. The number of ether oxygens (including phenoxy) is 2. The number of hydrogen-bond donors (Lipinski definition) is 2. The highest BCUT2D eigenvalue weighted by atomic mass is 33.1. The van der Waals surface area contributed by atoms with Crippen LogP contribution in [0.1, 0.15) is 0 Å². The lowest BCUT2D eigenvalue weighted by atomic mass is 10.7. The van der Waals surface area contributed by atoms with Gasteiger partial charge in [-0.1, -0.05) is 10.8 Å². The summed E-state index contributed by atoms with van der Waals surface area (Å²) in [6.45, 7) is 2.32. The summed E-state index contributed by atoms with van der Waals surface area (Å²) in [4.78, 5) is 0. The topological polar surface area (TPSA) is 38.7 Å². The van der Waals surface area contributed by atoms with Gasteiger partial charge in [0.2, 0.25) is 0 Å². The van der Waals surface area contributed by atoms with E-state index < -0.39 is 0 Å². The van der Waals surface area contributed by atoms with Crippen LogP contribution in [0.4, 0.5) is 0 Å². The van der Waals surface area contributed by atoms with Gasteiger partial charge in [-0.25, -0.2) is 0 Å². The Labute approximate surface area is 76.3 Å². The van der Waals surface area contributed by atoms with E-state index in [1.54, 1.807) is 0 Å². The van der Waals surface area contributed by atoms with Crippen LogP contribution in [-0.2, 0) is 9.47 Å². The Morgan fingerprint density at radius 3 is 2.27 bits per heavy atom. The maximum absolute atomic E-state index is 8.33. The first-order valence-electron chi connectivity index (χ1n) is 3.44. The zero-order valence-corrected chi connectivity index (χ0v) is 8.07. The van der Waals surface area contributed by atoms with Gasteiger partial charge in [0.05, 0.1) is 33.0 Å². The van der Waals surface area contributed by atoms with Crippen molar-refractivity contribution in [3.63, 3.8) is 0 Å². The lowest BCUT2D eigenvalue weighted by Crippen LogP contribution is -2.08. The van der Waals surface area contributed by atoms with E-state index in [1.807, 2.05) is 0 Å². The molecule has 0 aromatic rings. The molecule has 0 aliphatic carbocycles. The lowest BCUT2D eigenvalue weighted by molar-refractivity contribution is 0.0378. The van der Waals surface area contributed by atoms with Gasteiger partial charge >= 0.3 is 0 Å². The fourth-order valence-corrected chi connectivity index (χ4v) is 0.899. The minimum atomic E-state index is 0.0759. The van der Waals surface area contributed by atoms with Gasteiger partial charge in [-0.15, -0.1) is 11.7 Å². The number of aliphatic hydroxyl groups excluding tert-OH is 1. The normalized spacial score (nSPS) is 10.4. The van der Waals surface area contributed by atoms with Gasteiger partial charge in [-0.2, -0.15) is 0 Å². The first-order chi connectivity index (χ1) is 5.41. The summed E-state index contributed by atoms with van der Waals surface area (Å²) < 4.78 is 10.1. The number of aliphatic hydroxyl groups is 1. The van der Waals surface area contributed by atoms with Crippen LogP contribution in [-0.4, -0.2) is 43.9 Å². The third-order valence-electron chi connectivity index (χ3n) is 0.927. The highest BCUT2D eigenvalue weighted by Crippen LogP contribution is 2.02. The SMILES string of the molecule is OCCOCCOCCSS. The quantitative estimate of drug-likeness (QED) is 0.340. The van der Waals surface area contributed by atoms with E-state index in [0.717, 1.165) is 5.75 Å². The van der Waals surface area contributed by atoms with Crippen LogP contribution in [0, 0.1) is 0 Å². The second-order valence-electron chi connectivity index (χ2n) is 1.78. The lowest BCUT2D eigenvalue weighted by Gasteiger charge is -2.02. The first kappa shape index (κ1) is 11.6. The Morgan fingerprint density at radius 2 is 1.73 bits per heavy atom. The van der Waals surface area contributed by atoms with Crippen molar-refractivity contribution in [2.24, 2.45) is 0 Å². The van der Waals surface area contributed by atoms with Gasteiger partial charge in [0, 0.05) is 5.75 Å². The van der Waals surface area contributed by atoms with Crippen molar-refractivity contribution in [3.05, 3.63) is 0 Å². The van der Waals surface area contributed by atoms with E-state index >= 15 is 0 Å². The van der Waals surface area contributed by atoms with Gasteiger partial charge < -0.3 is 14.6 Å². The van der Waals surface area contributed by atoms with Crippen LogP contribution < -0.4 is 0 Å². The van der Waals surface area contributed by atoms with E-state index in [0.29, 0.717) is 26.4 Å². The molecule has 0 rings (SSSR count). The summed E-state index contributed by atoms with van der Waals surface area (Å²) in [7, 11) is 1.46. The predicted molar refractivity (Wildman–Crippen MR) is 50.2 cm³/mol. The van der Waals surface area contributed by atoms with Gasteiger partial charge in [0.15, 0.2) is 0 Å². The van der Waals surface area contributed by atoms with Crippen LogP contribution in [0.3, 0.4) is 0 Å². The minimum Gasteiger partial charge on any atom is -0.394 e. The molecule has 1 N–H and O–H groups in total. The van der Waals surface area contributed by atoms with Gasteiger partial charge in [0.25, 0.3) is 0 Å². The second-order valence-corrected chi connectivity index (χ2v) is 3.22. The monoisotopic (exact) mass is 198 g/mol. The van der Waals surface area contributed by atoms with Crippen LogP contribution in [0.2, 0.25) is 0 Å². The summed E-state index contributed by atoms with van der Waals surface area (Å²) in [6.07, 6.45) is 0. The molecule has 11 heavy (non-hydrogen) atoms. The van der Waals surface area contributed by atoms with Crippen LogP contribution >= 0.6 is 22.5 Å². The average molecular weight is 198 g/mol. The molecular formula is C6H14O3S2. The molecule has 0 aliphatic rings. The standard InChI is InChI=1S/C6H14O3S2/c7-1-2-8-3-4-9-5-6-11-10/h7,10H,1-6H2. The molecule has 0 aromatic heterocycles. The molecule has 5 heteroatoms. The molecule has 3 nitrogen and oxygen atoms in total. The maximum Gasteiger partial charge on any atom is 0.0701 e. The Balaban J connectivity index is 2.69. The summed E-state index contributed by atoms with van der Waals surface area (Å²) in [5.41, 5.74) is 0. The van der Waals surface area contributed by atoms with Crippen LogP contribution in [0.5, 0.6) is 0 Å². The van der Waals surface area contributed by atoms with E-state index in [2.05, 4.69) is 11.7 Å². The molecular weight excluding hydrogens is 184 g/mol. The molecule has 0 fully saturated rings. The summed E-state index contributed by atoms with van der Waals surface area (Å²) in [6, 6.07) is 0. The second kappa shape index (κ2) is 10.6. The van der Waals surface area contributed by atoms with E-state index in [4.69, 9.17) is 14.6 Å². The molecule has 0 spiro atoms. The predicted octanol–water partition coefficient (Wildman–Crippen LogP) is 0.590. The van der Waals surface area contributed by atoms with Crippen molar-refractivity contribution in [1.82, 2.24) is 0 Å². The Hall–Kier alpha value is 0.580. The molecule has 0 saturated carbocycles. The third kappa shape index (κ3) is 10.6. The number of rotatable bonds is 8. The highest BCUT2D eigenvalue weighted by Gasteiger charge is 1.88. The van der Waals surface area contributed by atoms with Gasteiger partial charge in [0.1, 0.15) is 0 Å². The Kier molecular flexibility index (Phi) is 11.1. The molecule has 0 saturated heterocycles. The summed E-state index contributed by atoms with van der Waals surface area (Å²) in [5, 5.41) is 8.33. The van der Waals surface area contributed by atoms with E-state index in [-0.39, 0.29) is 6.61 Å². The fourth-order valence-electron chi connectivity index (χ4n) is 0.483. The highest BCUT2D eigenvalue weighted by molar-refractivity contribution is 8.68. The number of hydrogen-bond acceptors (Lipinski definition) is 5. The Morgan fingerprint density at radius 1 is 1.09 bits per heavy atom. The molecule has 0 heterocycles. The maximum atomic E-state index is 8.33. The summed E-state index contributed by atoms with van der Waals surface area (Å²) in [5.74, 6) is 0.892. The molecule has 0 amide bonds. The Bertz CT molecular complexity index is 64.8. The van der Waals surface area contributed by atoms with E-state index in [1.165, 1.54) is 10.8 Å². The third-order valence-corrected chi connectivity index (χ3v) is 1.82. The molecule has 0 aromatic carbocycles. The fraction of sp³-hybridized carbons (Fsp3) is 1.00. The van der Waals surface area contributed by atoms with Crippen molar-refractivity contribution in [2.75, 3.05) is 38.8 Å². The minimum absolute atomic E-state index is 0.0759. The van der Waals surface area contributed by atoms with Crippen molar-refractivity contribution in [2.45, 2.75) is 0 Å². The molecule has 0 radical (unpaired) electrons. The smallest absolute Gasteiger partial charge is 0.0701 e. The molecule has 0 atom stereocenters. The first-order valence-corrected chi connectivity index (χ1v) is 5.48. The largest absolute Gasteiger partial charge is 0.394 e. The molecule has 0 unspecified atom stereocenters. The van der Waals surface area contributed by atoms with Crippen molar-refractivity contribution >= 4 is 22.5 Å². The number of thiol groups is 1. The molecule has 0 aliphatic heterocycles. The van der Waals surface area contributed by atoms with Gasteiger partial charge in [-0.3, -0.25) is 0 Å². The average Bonchev–Trinajstić information content (AvgIpc) is 2.03. The van der Waals surface area contributed by atoms with Crippen molar-refractivity contribution < 1.29 is 14.6 Å². The van der Waals surface area contributed by atoms with Crippen molar-refractivity contribution in [3.8, 4) is 0 Å². The van der Waals surface area contributed by atoms with Crippen LogP contribution in [0.25, 0.3) is 0 Å². The van der Waals surface area contributed by atoms with Crippen molar-refractivity contribution in [1.29, 1.82) is 0 Å². The molecule has 68 valence electrons. The zero-order valence-electron chi connectivity index (χ0n) is 6.36. The zero-order chi connectivity index (χ0) is 8.36.